The molecule has 1 saturated heterocycles. The molecule has 17 heavy (non-hydrogen) atoms. The number of carboxylic acid groups (broad SMARTS) is 1. The number of aliphatic carboxylic acids is 1. The molecule has 1 aliphatic rings. The summed E-state index contributed by atoms with van der Waals surface area (Å²) in [6, 6.07) is 7.10. The Morgan fingerprint density at radius 2 is 2.06 bits per heavy atom. The lowest BCUT2D eigenvalue weighted by atomic mass is 9.72. The summed E-state index contributed by atoms with van der Waals surface area (Å²) in [5.74, 6) is -0.848. The second kappa shape index (κ2) is 4.76. The van der Waals surface area contributed by atoms with E-state index in [9.17, 15) is 9.90 Å². The van der Waals surface area contributed by atoms with Crippen molar-refractivity contribution in [2.75, 3.05) is 20.3 Å². The summed E-state index contributed by atoms with van der Waals surface area (Å²) in [7, 11) is 1.66. The lowest BCUT2D eigenvalue weighted by molar-refractivity contribution is -0.150. The Bertz CT molecular complexity index is 414. The summed E-state index contributed by atoms with van der Waals surface area (Å²) in [5.41, 5.74) is 0.537. The topological polar surface area (TPSA) is 58.6 Å². The van der Waals surface area contributed by atoms with Gasteiger partial charge in [0.25, 0.3) is 0 Å². The number of halogens is 1. The minimum absolute atomic E-state index is 0.437. The van der Waals surface area contributed by atoms with E-state index in [1.807, 2.05) is 24.3 Å². The Balaban J connectivity index is 2.36. The SMILES string of the molecule is CNC(C(=O)O)C1(c2ccc(Br)cc2)COC1. The first-order valence-corrected chi connectivity index (χ1v) is 6.13. The molecule has 1 atom stereocenters. The van der Waals surface area contributed by atoms with Crippen molar-refractivity contribution in [1.29, 1.82) is 0 Å². The van der Waals surface area contributed by atoms with Crippen molar-refractivity contribution in [2.45, 2.75) is 11.5 Å². The zero-order chi connectivity index (χ0) is 12.5. The Morgan fingerprint density at radius 3 is 2.41 bits per heavy atom. The number of hydrogen-bond donors (Lipinski definition) is 2. The lowest BCUT2D eigenvalue weighted by Gasteiger charge is -2.45. The first-order valence-electron chi connectivity index (χ1n) is 5.34. The molecule has 2 rings (SSSR count). The van der Waals surface area contributed by atoms with E-state index in [-0.39, 0.29) is 0 Å². The predicted molar refractivity (Wildman–Crippen MR) is 67.1 cm³/mol. The fourth-order valence-electron chi connectivity index (χ4n) is 2.24. The van der Waals surface area contributed by atoms with Gasteiger partial charge in [0.1, 0.15) is 6.04 Å². The monoisotopic (exact) mass is 299 g/mol. The van der Waals surface area contributed by atoms with E-state index in [2.05, 4.69) is 21.2 Å². The molecule has 1 unspecified atom stereocenters. The van der Waals surface area contributed by atoms with Crippen molar-refractivity contribution in [2.24, 2.45) is 0 Å². The van der Waals surface area contributed by atoms with Gasteiger partial charge in [-0.25, -0.2) is 0 Å². The van der Waals surface area contributed by atoms with E-state index in [1.165, 1.54) is 0 Å². The molecule has 0 saturated carbocycles. The molecule has 1 aliphatic heterocycles. The van der Waals surface area contributed by atoms with Crippen molar-refractivity contribution in [3.8, 4) is 0 Å². The third-order valence-corrected chi connectivity index (χ3v) is 3.76. The van der Waals surface area contributed by atoms with Gasteiger partial charge in [0.2, 0.25) is 0 Å². The van der Waals surface area contributed by atoms with Crippen LogP contribution in [0.15, 0.2) is 28.7 Å². The van der Waals surface area contributed by atoms with Crippen molar-refractivity contribution in [3.05, 3.63) is 34.3 Å². The van der Waals surface area contributed by atoms with E-state index in [1.54, 1.807) is 7.05 Å². The highest BCUT2D eigenvalue weighted by Gasteiger charge is 2.50. The van der Waals surface area contributed by atoms with Gasteiger partial charge >= 0.3 is 5.97 Å². The molecule has 1 heterocycles. The molecule has 0 spiro atoms. The normalized spacial score (nSPS) is 19.4. The van der Waals surface area contributed by atoms with Crippen LogP contribution in [0.2, 0.25) is 0 Å². The number of benzene rings is 1. The quantitative estimate of drug-likeness (QED) is 0.882. The van der Waals surface area contributed by atoms with Crippen LogP contribution in [-0.2, 0) is 14.9 Å². The molecule has 1 aromatic carbocycles. The van der Waals surface area contributed by atoms with Crippen LogP contribution in [0.3, 0.4) is 0 Å². The average molecular weight is 300 g/mol. The minimum Gasteiger partial charge on any atom is -0.480 e. The molecule has 0 amide bonds. The second-order valence-corrected chi connectivity index (χ2v) is 5.13. The zero-order valence-corrected chi connectivity index (χ0v) is 11.0. The van der Waals surface area contributed by atoms with Crippen molar-refractivity contribution in [1.82, 2.24) is 5.32 Å². The van der Waals surface area contributed by atoms with E-state index >= 15 is 0 Å². The molecule has 4 nitrogen and oxygen atoms in total. The molecule has 0 aliphatic carbocycles. The van der Waals surface area contributed by atoms with Gasteiger partial charge in [-0.05, 0) is 24.7 Å². The van der Waals surface area contributed by atoms with Crippen LogP contribution in [0.4, 0.5) is 0 Å². The van der Waals surface area contributed by atoms with Crippen LogP contribution in [-0.4, -0.2) is 37.4 Å². The highest BCUT2D eigenvalue weighted by Crippen LogP contribution is 2.36. The Hall–Kier alpha value is -0.910. The van der Waals surface area contributed by atoms with E-state index < -0.39 is 17.4 Å². The van der Waals surface area contributed by atoms with Crippen molar-refractivity contribution >= 4 is 21.9 Å². The molecule has 0 bridgehead atoms. The van der Waals surface area contributed by atoms with Gasteiger partial charge in [-0.15, -0.1) is 0 Å². The summed E-state index contributed by atoms with van der Waals surface area (Å²) >= 11 is 3.37. The molecular formula is C12H14BrNO3. The summed E-state index contributed by atoms with van der Waals surface area (Å²) in [6.45, 7) is 0.874. The highest BCUT2D eigenvalue weighted by molar-refractivity contribution is 9.10. The average Bonchev–Trinajstić information content (AvgIpc) is 2.24. The number of nitrogens with one attached hydrogen (secondary N) is 1. The summed E-state index contributed by atoms with van der Waals surface area (Å²) < 4.78 is 6.22. The van der Waals surface area contributed by atoms with Crippen molar-refractivity contribution < 1.29 is 14.6 Å². The van der Waals surface area contributed by atoms with Crippen LogP contribution < -0.4 is 5.32 Å². The molecular weight excluding hydrogens is 286 g/mol. The molecule has 92 valence electrons. The number of carbonyl (C=O) groups is 1. The molecule has 0 radical (unpaired) electrons. The maximum Gasteiger partial charge on any atom is 0.321 e. The van der Waals surface area contributed by atoms with Crippen LogP contribution in [0.25, 0.3) is 0 Å². The van der Waals surface area contributed by atoms with Gasteiger partial charge in [-0.2, -0.15) is 0 Å². The fraction of sp³-hybridized carbons (Fsp3) is 0.417. The predicted octanol–water partition coefficient (Wildman–Crippen LogP) is 1.39. The number of carboxylic acids is 1. The molecule has 0 aromatic heterocycles. The van der Waals surface area contributed by atoms with E-state index in [0.717, 1.165) is 10.0 Å². The van der Waals surface area contributed by atoms with Gasteiger partial charge in [0.15, 0.2) is 0 Å². The highest BCUT2D eigenvalue weighted by atomic mass is 79.9. The molecule has 1 aromatic rings. The molecule has 2 N–H and O–H groups in total. The standard InChI is InChI=1S/C12H14BrNO3/c1-14-10(11(15)16)12(6-17-7-12)8-2-4-9(13)5-3-8/h2-5,10,14H,6-7H2,1H3,(H,15,16). The maximum atomic E-state index is 11.3. The third kappa shape index (κ3) is 2.10. The fourth-order valence-corrected chi connectivity index (χ4v) is 2.50. The molecule has 1 fully saturated rings. The third-order valence-electron chi connectivity index (χ3n) is 3.23. The Morgan fingerprint density at radius 1 is 1.47 bits per heavy atom. The zero-order valence-electron chi connectivity index (χ0n) is 9.44. The van der Waals surface area contributed by atoms with Gasteiger partial charge in [-0.1, -0.05) is 28.1 Å². The van der Waals surface area contributed by atoms with Crippen LogP contribution >= 0.6 is 15.9 Å². The van der Waals surface area contributed by atoms with Gasteiger partial charge in [0, 0.05) is 4.47 Å². The summed E-state index contributed by atoms with van der Waals surface area (Å²) in [4.78, 5) is 11.3. The second-order valence-electron chi connectivity index (χ2n) is 4.22. The van der Waals surface area contributed by atoms with Crippen LogP contribution in [0.5, 0.6) is 0 Å². The van der Waals surface area contributed by atoms with Crippen LogP contribution in [0.1, 0.15) is 5.56 Å². The van der Waals surface area contributed by atoms with Gasteiger partial charge < -0.3 is 15.2 Å². The molecule has 5 heteroatoms. The van der Waals surface area contributed by atoms with Gasteiger partial charge in [-0.3, -0.25) is 4.79 Å². The first kappa shape index (κ1) is 12.5. The number of hydrogen-bond acceptors (Lipinski definition) is 3. The first-order chi connectivity index (χ1) is 8.10. The largest absolute Gasteiger partial charge is 0.480 e. The number of ether oxygens (including phenoxy) is 1. The Labute approximate surface area is 108 Å². The number of likely N-dealkylation sites (N-methyl/N-ethyl adjacent to an activating group) is 1. The van der Waals surface area contributed by atoms with E-state index in [4.69, 9.17) is 4.74 Å². The van der Waals surface area contributed by atoms with Crippen molar-refractivity contribution in [3.63, 3.8) is 0 Å². The Kier molecular flexibility index (Phi) is 3.51. The van der Waals surface area contributed by atoms with Crippen LogP contribution in [0, 0.1) is 0 Å². The van der Waals surface area contributed by atoms with Gasteiger partial charge in [0.05, 0.1) is 18.6 Å². The maximum absolute atomic E-state index is 11.3. The summed E-state index contributed by atoms with van der Waals surface area (Å²) in [6.07, 6.45) is 0. The smallest absolute Gasteiger partial charge is 0.321 e. The minimum atomic E-state index is -0.848. The summed E-state index contributed by atoms with van der Waals surface area (Å²) in [5, 5.41) is 12.1. The number of rotatable bonds is 4. The van der Waals surface area contributed by atoms with E-state index in [0.29, 0.717) is 13.2 Å². The lowest BCUT2D eigenvalue weighted by Crippen LogP contribution is -2.62.